The number of amides is 1. The van der Waals surface area contributed by atoms with Crippen LogP contribution >= 0.6 is 0 Å². The summed E-state index contributed by atoms with van der Waals surface area (Å²) in [5, 5.41) is 7.12. The number of aromatic nitrogens is 4. The smallest absolute Gasteiger partial charge is 0.256 e. The van der Waals surface area contributed by atoms with Crippen LogP contribution in [0.5, 0.6) is 0 Å². The third-order valence-corrected chi connectivity index (χ3v) is 4.09. The van der Waals surface area contributed by atoms with Crippen molar-refractivity contribution < 1.29 is 9.18 Å². The molecule has 0 aliphatic heterocycles. The molecular formula is C20H16FN5O. The lowest BCUT2D eigenvalue weighted by molar-refractivity contribution is 0.0951. The largest absolute Gasteiger partial charge is 0.348 e. The van der Waals surface area contributed by atoms with Crippen molar-refractivity contribution in [3.63, 3.8) is 0 Å². The molecule has 1 aromatic carbocycles. The number of pyridine rings is 1. The predicted molar refractivity (Wildman–Crippen MR) is 98.3 cm³/mol. The lowest BCUT2D eigenvalue weighted by Gasteiger charge is -2.12. The van der Waals surface area contributed by atoms with Gasteiger partial charge in [0.25, 0.3) is 5.91 Å². The molecule has 0 aliphatic rings. The summed E-state index contributed by atoms with van der Waals surface area (Å²) in [7, 11) is 0. The standard InChI is InChI=1S/C20H16FN5O/c21-17-7-1-2-8-18(17)26-20(25-10-3-4-11-25)16(14-24-26)19(27)23-13-15-6-5-9-22-12-15/h1-12,14H,13H2,(H,23,27). The predicted octanol–water partition coefficient (Wildman–Crippen LogP) is 3.13. The third-order valence-electron chi connectivity index (χ3n) is 4.09. The Labute approximate surface area is 154 Å². The highest BCUT2D eigenvalue weighted by molar-refractivity contribution is 5.97. The van der Waals surface area contributed by atoms with E-state index in [9.17, 15) is 9.18 Å². The second-order valence-corrected chi connectivity index (χ2v) is 5.88. The van der Waals surface area contributed by atoms with E-state index in [1.807, 2.05) is 24.3 Å². The summed E-state index contributed by atoms with van der Waals surface area (Å²) in [6.07, 6.45) is 8.38. The molecule has 4 rings (SSSR count). The van der Waals surface area contributed by atoms with E-state index < -0.39 is 5.82 Å². The highest BCUT2D eigenvalue weighted by Gasteiger charge is 2.21. The number of benzene rings is 1. The van der Waals surface area contributed by atoms with Crippen molar-refractivity contribution >= 4 is 5.91 Å². The van der Waals surface area contributed by atoms with Gasteiger partial charge in [-0.3, -0.25) is 9.78 Å². The zero-order valence-corrected chi connectivity index (χ0v) is 14.3. The van der Waals surface area contributed by atoms with Gasteiger partial charge in [-0.2, -0.15) is 5.10 Å². The average Bonchev–Trinajstić information content (AvgIpc) is 3.36. The molecule has 0 atom stereocenters. The van der Waals surface area contributed by atoms with Crippen molar-refractivity contribution in [2.45, 2.75) is 6.54 Å². The van der Waals surface area contributed by atoms with Gasteiger partial charge in [-0.25, -0.2) is 9.07 Å². The summed E-state index contributed by atoms with van der Waals surface area (Å²) < 4.78 is 17.5. The second kappa shape index (κ2) is 7.25. The molecule has 0 aliphatic carbocycles. The van der Waals surface area contributed by atoms with Gasteiger partial charge in [0.1, 0.15) is 17.1 Å². The molecule has 1 amide bonds. The molecule has 0 fully saturated rings. The molecular weight excluding hydrogens is 345 g/mol. The Kier molecular flexibility index (Phi) is 4.49. The van der Waals surface area contributed by atoms with Crippen molar-refractivity contribution in [1.82, 2.24) is 24.6 Å². The molecule has 3 heterocycles. The fourth-order valence-corrected chi connectivity index (χ4v) is 2.81. The van der Waals surface area contributed by atoms with Crippen LogP contribution in [0, 0.1) is 5.82 Å². The van der Waals surface area contributed by atoms with Crippen molar-refractivity contribution in [2.24, 2.45) is 0 Å². The lowest BCUT2D eigenvalue weighted by Crippen LogP contribution is -2.24. The van der Waals surface area contributed by atoms with Gasteiger partial charge in [-0.05, 0) is 35.9 Å². The van der Waals surface area contributed by atoms with E-state index in [0.717, 1.165) is 5.56 Å². The first kappa shape index (κ1) is 16.7. The van der Waals surface area contributed by atoms with Crippen molar-refractivity contribution in [1.29, 1.82) is 0 Å². The molecule has 134 valence electrons. The number of nitrogens with zero attached hydrogens (tertiary/aromatic N) is 4. The first-order valence-corrected chi connectivity index (χ1v) is 8.37. The fraction of sp³-hybridized carbons (Fsp3) is 0.0500. The molecule has 0 unspecified atom stereocenters. The van der Waals surface area contributed by atoms with Crippen LogP contribution in [0.4, 0.5) is 4.39 Å². The molecule has 0 spiro atoms. The quantitative estimate of drug-likeness (QED) is 0.594. The molecule has 6 nitrogen and oxygen atoms in total. The Hall–Kier alpha value is -3.74. The first-order valence-electron chi connectivity index (χ1n) is 8.37. The van der Waals surface area contributed by atoms with Crippen LogP contribution in [0.2, 0.25) is 0 Å². The summed E-state index contributed by atoms with van der Waals surface area (Å²) in [5.74, 6) is -0.254. The number of para-hydroxylation sites is 1. The van der Waals surface area contributed by atoms with Crippen LogP contribution in [0.1, 0.15) is 15.9 Å². The number of carbonyl (C=O) groups is 1. The molecule has 7 heteroatoms. The number of hydrogen-bond acceptors (Lipinski definition) is 3. The summed E-state index contributed by atoms with van der Waals surface area (Å²) in [4.78, 5) is 16.8. The van der Waals surface area contributed by atoms with Crippen LogP contribution in [0.3, 0.4) is 0 Å². The van der Waals surface area contributed by atoms with Gasteiger partial charge in [0.15, 0.2) is 5.82 Å². The van der Waals surface area contributed by atoms with Gasteiger partial charge < -0.3 is 9.88 Å². The van der Waals surface area contributed by atoms with Crippen LogP contribution in [-0.2, 0) is 6.54 Å². The zero-order valence-electron chi connectivity index (χ0n) is 14.3. The zero-order chi connectivity index (χ0) is 18.6. The van der Waals surface area contributed by atoms with Gasteiger partial charge in [-0.1, -0.05) is 18.2 Å². The van der Waals surface area contributed by atoms with Crippen molar-refractivity contribution in [3.05, 3.63) is 96.5 Å². The number of hydrogen-bond donors (Lipinski definition) is 1. The van der Waals surface area contributed by atoms with E-state index in [4.69, 9.17) is 0 Å². The minimum atomic E-state index is -0.420. The number of nitrogens with one attached hydrogen (secondary N) is 1. The van der Waals surface area contributed by atoms with E-state index in [1.54, 1.807) is 47.6 Å². The van der Waals surface area contributed by atoms with E-state index >= 15 is 0 Å². The van der Waals surface area contributed by atoms with Gasteiger partial charge in [0.05, 0.1) is 6.20 Å². The summed E-state index contributed by atoms with van der Waals surface area (Å²) in [6, 6.07) is 13.7. The summed E-state index contributed by atoms with van der Waals surface area (Å²) >= 11 is 0. The minimum Gasteiger partial charge on any atom is -0.348 e. The molecule has 0 bridgehead atoms. The second-order valence-electron chi connectivity index (χ2n) is 5.88. The van der Waals surface area contributed by atoms with E-state index in [-0.39, 0.29) is 11.6 Å². The Morgan fingerprint density at radius 1 is 1.04 bits per heavy atom. The molecule has 3 aromatic heterocycles. The van der Waals surface area contributed by atoms with E-state index in [2.05, 4.69) is 15.4 Å². The third kappa shape index (κ3) is 3.35. The van der Waals surface area contributed by atoms with E-state index in [0.29, 0.717) is 17.9 Å². The molecule has 27 heavy (non-hydrogen) atoms. The Morgan fingerprint density at radius 3 is 2.59 bits per heavy atom. The van der Waals surface area contributed by atoms with Crippen LogP contribution in [-0.4, -0.2) is 25.2 Å². The van der Waals surface area contributed by atoms with Gasteiger partial charge >= 0.3 is 0 Å². The van der Waals surface area contributed by atoms with Gasteiger partial charge in [0, 0.05) is 31.3 Å². The highest BCUT2D eigenvalue weighted by atomic mass is 19.1. The van der Waals surface area contributed by atoms with E-state index in [1.165, 1.54) is 16.9 Å². The van der Waals surface area contributed by atoms with Crippen molar-refractivity contribution in [2.75, 3.05) is 0 Å². The molecule has 0 radical (unpaired) electrons. The normalized spacial score (nSPS) is 10.7. The Morgan fingerprint density at radius 2 is 1.85 bits per heavy atom. The molecule has 0 saturated carbocycles. The summed E-state index contributed by atoms with van der Waals surface area (Å²) in [6.45, 7) is 0.336. The molecule has 4 aromatic rings. The average molecular weight is 361 g/mol. The Balaban J connectivity index is 1.71. The highest BCUT2D eigenvalue weighted by Crippen LogP contribution is 2.21. The number of carbonyl (C=O) groups excluding carboxylic acids is 1. The Bertz CT molecular complexity index is 1060. The first-order chi connectivity index (χ1) is 13.2. The SMILES string of the molecule is O=C(NCc1cccnc1)c1cnn(-c2ccccc2F)c1-n1cccc1. The van der Waals surface area contributed by atoms with Crippen LogP contribution in [0.25, 0.3) is 11.5 Å². The maximum absolute atomic E-state index is 14.3. The monoisotopic (exact) mass is 361 g/mol. The topological polar surface area (TPSA) is 64.7 Å². The van der Waals surface area contributed by atoms with Crippen LogP contribution < -0.4 is 5.32 Å². The fourth-order valence-electron chi connectivity index (χ4n) is 2.81. The number of halogens is 1. The maximum atomic E-state index is 14.3. The van der Waals surface area contributed by atoms with Crippen molar-refractivity contribution in [3.8, 4) is 11.5 Å². The molecule has 0 saturated heterocycles. The van der Waals surface area contributed by atoms with Crippen LogP contribution in [0.15, 0.2) is 79.5 Å². The minimum absolute atomic E-state index is 0.271. The lowest BCUT2D eigenvalue weighted by atomic mass is 10.2. The van der Waals surface area contributed by atoms with Gasteiger partial charge in [0.2, 0.25) is 0 Å². The molecule has 1 N–H and O–H groups in total. The summed E-state index contributed by atoms with van der Waals surface area (Å²) in [5.41, 5.74) is 1.50. The number of rotatable bonds is 5. The maximum Gasteiger partial charge on any atom is 0.256 e. The van der Waals surface area contributed by atoms with Gasteiger partial charge in [-0.15, -0.1) is 0 Å².